The van der Waals surface area contributed by atoms with Crippen molar-refractivity contribution in [2.24, 2.45) is 0 Å². The molecule has 0 fully saturated rings. The summed E-state index contributed by atoms with van der Waals surface area (Å²) in [5.41, 5.74) is 0.561. The zero-order valence-corrected chi connectivity index (χ0v) is 5.76. The molecule has 1 unspecified atom stereocenters. The second-order valence-corrected chi connectivity index (χ2v) is 2.87. The summed E-state index contributed by atoms with van der Waals surface area (Å²) in [7, 11) is 0. The van der Waals surface area contributed by atoms with E-state index in [1.807, 2.05) is 0 Å². The molecule has 1 heterocycles. The lowest BCUT2D eigenvalue weighted by molar-refractivity contribution is 0.154. The Morgan fingerprint density at radius 1 is 1.70 bits per heavy atom. The van der Waals surface area contributed by atoms with Crippen LogP contribution < -0.4 is 0 Å². The molecule has 0 aliphatic heterocycles. The molecule has 2 rings (SSSR count). The average Bonchev–Trinajstić information content (AvgIpc) is 1.86. The van der Waals surface area contributed by atoms with Gasteiger partial charge in [-0.2, -0.15) is 0 Å². The number of halogens is 1. The van der Waals surface area contributed by atoms with Gasteiger partial charge in [0.2, 0.25) is 0 Å². The third kappa shape index (κ3) is 0.589. The summed E-state index contributed by atoms with van der Waals surface area (Å²) in [6.07, 6.45) is 2.18. The van der Waals surface area contributed by atoms with Crippen LogP contribution in [0.3, 0.4) is 0 Å². The minimum Gasteiger partial charge on any atom is -0.261 e. The van der Waals surface area contributed by atoms with Crippen molar-refractivity contribution < 1.29 is 4.39 Å². The third-order valence-corrected chi connectivity index (χ3v) is 1.95. The van der Waals surface area contributed by atoms with Gasteiger partial charge in [-0.1, -0.05) is 6.07 Å². The SMILES string of the molecule is CC1(F)Cc2ncccc21. The summed E-state index contributed by atoms with van der Waals surface area (Å²) in [6.45, 7) is 1.59. The molecule has 0 spiro atoms. The number of alkyl halides is 1. The van der Waals surface area contributed by atoms with E-state index in [4.69, 9.17) is 0 Å². The predicted octanol–water partition coefficient (Wildman–Crippen LogP) is 1.82. The van der Waals surface area contributed by atoms with Crippen molar-refractivity contribution in [3.63, 3.8) is 0 Å². The Bertz CT molecular complexity index is 268. The highest BCUT2D eigenvalue weighted by atomic mass is 19.1. The van der Waals surface area contributed by atoms with Crippen LogP contribution in [0, 0.1) is 0 Å². The molecule has 0 bridgehead atoms. The summed E-state index contributed by atoms with van der Waals surface area (Å²) in [5.74, 6) is 0. The van der Waals surface area contributed by atoms with E-state index in [1.54, 1.807) is 25.3 Å². The standard InChI is InChI=1S/C8H8FN/c1-8(9)5-7-6(8)3-2-4-10-7/h2-4H,5H2,1H3. The molecule has 1 aromatic rings. The van der Waals surface area contributed by atoms with E-state index in [2.05, 4.69) is 4.98 Å². The van der Waals surface area contributed by atoms with Gasteiger partial charge in [-0.05, 0) is 13.0 Å². The van der Waals surface area contributed by atoms with Crippen molar-refractivity contribution >= 4 is 0 Å². The Balaban J connectivity index is 2.53. The topological polar surface area (TPSA) is 12.9 Å². The first kappa shape index (κ1) is 5.83. The number of pyridine rings is 1. The van der Waals surface area contributed by atoms with Crippen LogP contribution in [-0.4, -0.2) is 4.98 Å². The molecule has 1 atom stereocenters. The molecular formula is C8H8FN. The van der Waals surface area contributed by atoms with Gasteiger partial charge in [0.1, 0.15) is 5.67 Å². The van der Waals surface area contributed by atoms with Crippen LogP contribution >= 0.6 is 0 Å². The van der Waals surface area contributed by atoms with Crippen LogP contribution in [0.2, 0.25) is 0 Å². The van der Waals surface area contributed by atoms with Crippen LogP contribution in [0.5, 0.6) is 0 Å². The maximum atomic E-state index is 13.2. The molecule has 1 nitrogen and oxygen atoms in total. The number of nitrogens with zero attached hydrogens (tertiary/aromatic N) is 1. The lowest BCUT2D eigenvalue weighted by Crippen LogP contribution is -2.31. The average molecular weight is 137 g/mol. The molecule has 1 aliphatic rings. The molecule has 52 valence electrons. The van der Waals surface area contributed by atoms with E-state index in [1.165, 1.54) is 0 Å². The molecule has 10 heavy (non-hydrogen) atoms. The summed E-state index contributed by atoms with van der Waals surface area (Å²) < 4.78 is 13.2. The Morgan fingerprint density at radius 2 is 2.50 bits per heavy atom. The fourth-order valence-corrected chi connectivity index (χ4v) is 1.36. The zero-order chi connectivity index (χ0) is 7.19. The molecule has 0 amide bonds. The second kappa shape index (κ2) is 1.57. The van der Waals surface area contributed by atoms with Crippen LogP contribution in [0.15, 0.2) is 18.3 Å². The van der Waals surface area contributed by atoms with Gasteiger partial charge >= 0.3 is 0 Å². The lowest BCUT2D eigenvalue weighted by Gasteiger charge is -2.31. The van der Waals surface area contributed by atoms with Crippen LogP contribution in [-0.2, 0) is 12.1 Å². The minimum atomic E-state index is -1.11. The molecule has 1 aliphatic carbocycles. The van der Waals surface area contributed by atoms with Crippen LogP contribution in [0.1, 0.15) is 18.2 Å². The highest BCUT2D eigenvalue weighted by Crippen LogP contribution is 2.40. The van der Waals surface area contributed by atoms with E-state index in [0.29, 0.717) is 6.42 Å². The monoisotopic (exact) mass is 137 g/mol. The van der Waals surface area contributed by atoms with Gasteiger partial charge in [-0.15, -0.1) is 0 Å². The number of fused-ring (bicyclic) bond motifs is 1. The minimum absolute atomic E-state index is 0.475. The smallest absolute Gasteiger partial charge is 0.140 e. The first-order chi connectivity index (χ1) is 4.70. The van der Waals surface area contributed by atoms with Crippen LogP contribution in [0.25, 0.3) is 0 Å². The quantitative estimate of drug-likeness (QED) is 0.531. The first-order valence-corrected chi connectivity index (χ1v) is 3.33. The van der Waals surface area contributed by atoms with E-state index in [9.17, 15) is 4.39 Å². The third-order valence-electron chi connectivity index (χ3n) is 1.95. The lowest BCUT2D eigenvalue weighted by atomic mass is 9.80. The molecule has 2 heteroatoms. The normalized spacial score (nSPS) is 29.0. The van der Waals surface area contributed by atoms with E-state index in [0.717, 1.165) is 11.3 Å². The second-order valence-electron chi connectivity index (χ2n) is 2.87. The van der Waals surface area contributed by atoms with Gasteiger partial charge in [0, 0.05) is 18.2 Å². The maximum absolute atomic E-state index is 13.2. The van der Waals surface area contributed by atoms with Gasteiger partial charge in [0.15, 0.2) is 0 Å². The Kier molecular flexibility index (Phi) is 0.914. The van der Waals surface area contributed by atoms with Gasteiger partial charge in [-0.25, -0.2) is 4.39 Å². The highest BCUT2D eigenvalue weighted by molar-refractivity contribution is 5.36. The van der Waals surface area contributed by atoms with E-state index in [-0.39, 0.29) is 0 Å². The summed E-state index contributed by atoms with van der Waals surface area (Å²) in [4.78, 5) is 4.02. The van der Waals surface area contributed by atoms with E-state index < -0.39 is 5.67 Å². The maximum Gasteiger partial charge on any atom is 0.140 e. The van der Waals surface area contributed by atoms with Gasteiger partial charge in [-0.3, -0.25) is 4.98 Å². The molecule has 0 aromatic carbocycles. The Labute approximate surface area is 58.9 Å². The van der Waals surface area contributed by atoms with Crippen molar-refractivity contribution in [2.45, 2.75) is 19.0 Å². The Hall–Kier alpha value is -0.920. The summed E-state index contributed by atoms with van der Waals surface area (Å²) >= 11 is 0. The molecular weight excluding hydrogens is 129 g/mol. The van der Waals surface area contributed by atoms with E-state index >= 15 is 0 Å². The predicted molar refractivity (Wildman–Crippen MR) is 36.4 cm³/mol. The number of rotatable bonds is 0. The van der Waals surface area contributed by atoms with Crippen molar-refractivity contribution in [3.05, 3.63) is 29.6 Å². The Morgan fingerprint density at radius 3 is 3.00 bits per heavy atom. The van der Waals surface area contributed by atoms with Crippen molar-refractivity contribution in [1.82, 2.24) is 4.98 Å². The van der Waals surface area contributed by atoms with Gasteiger partial charge in [0.25, 0.3) is 0 Å². The van der Waals surface area contributed by atoms with Gasteiger partial charge < -0.3 is 0 Å². The molecule has 0 saturated heterocycles. The fourth-order valence-electron chi connectivity index (χ4n) is 1.36. The van der Waals surface area contributed by atoms with Crippen LogP contribution in [0.4, 0.5) is 4.39 Å². The van der Waals surface area contributed by atoms with Crippen molar-refractivity contribution in [2.75, 3.05) is 0 Å². The summed E-state index contributed by atoms with van der Waals surface area (Å²) in [5, 5.41) is 0. The number of hydrogen-bond donors (Lipinski definition) is 0. The van der Waals surface area contributed by atoms with Crippen molar-refractivity contribution in [3.8, 4) is 0 Å². The molecule has 0 N–H and O–H groups in total. The molecule has 1 aromatic heterocycles. The fraction of sp³-hybridized carbons (Fsp3) is 0.375. The number of aromatic nitrogens is 1. The molecule has 0 radical (unpaired) electrons. The zero-order valence-electron chi connectivity index (χ0n) is 5.76. The highest BCUT2D eigenvalue weighted by Gasteiger charge is 2.39. The number of hydrogen-bond acceptors (Lipinski definition) is 1. The van der Waals surface area contributed by atoms with Gasteiger partial charge in [0.05, 0.1) is 5.69 Å². The van der Waals surface area contributed by atoms with Crippen molar-refractivity contribution in [1.29, 1.82) is 0 Å². The summed E-state index contributed by atoms with van der Waals surface area (Å²) in [6, 6.07) is 3.57. The largest absolute Gasteiger partial charge is 0.261 e. The first-order valence-electron chi connectivity index (χ1n) is 3.33. The molecule has 0 saturated carbocycles.